The summed E-state index contributed by atoms with van der Waals surface area (Å²) in [7, 11) is 0. The molecule has 3 heterocycles. The first-order chi connectivity index (χ1) is 14.6. The molecule has 0 amide bonds. The number of nitrogens with one attached hydrogen (secondary N) is 3. The van der Waals surface area contributed by atoms with Crippen molar-refractivity contribution in [2.45, 2.75) is 18.9 Å². The summed E-state index contributed by atoms with van der Waals surface area (Å²) < 4.78 is 1.62. The lowest BCUT2D eigenvalue weighted by Crippen LogP contribution is -2.20. The maximum absolute atomic E-state index is 11.4. The van der Waals surface area contributed by atoms with Crippen molar-refractivity contribution < 1.29 is 5.11 Å². The van der Waals surface area contributed by atoms with Crippen molar-refractivity contribution in [1.82, 2.24) is 24.6 Å². The van der Waals surface area contributed by atoms with Gasteiger partial charge in [-0.2, -0.15) is 14.9 Å². The van der Waals surface area contributed by atoms with Crippen LogP contribution in [0, 0.1) is 11.3 Å². The van der Waals surface area contributed by atoms with Crippen molar-refractivity contribution in [3.63, 3.8) is 0 Å². The van der Waals surface area contributed by atoms with Gasteiger partial charge in [-0.05, 0) is 31.1 Å². The monoisotopic (exact) mass is 400 g/mol. The second-order valence-electron chi connectivity index (χ2n) is 6.96. The molecule has 30 heavy (non-hydrogen) atoms. The van der Waals surface area contributed by atoms with E-state index in [9.17, 15) is 15.2 Å². The first-order valence-electron chi connectivity index (χ1n) is 9.32. The Morgan fingerprint density at radius 3 is 2.90 bits per heavy atom. The summed E-state index contributed by atoms with van der Waals surface area (Å²) in [5.74, 6) is 0.242. The van der Waals surface area contributed by atoms with Crippen molar-refractivity contribution in [2.75, 3.05) is 5.32 Å². The van der Waals surface area contributed by atoms with Gasteiger partial charge in [0.2, 0.25) is 5.88 Å². The number of nitriles is 1. The lowest BCUT2D eigenvalue weighted by Gasteiger charge is -2.08. The van der Waals surface area contributed by atoms with Crippen LogP contribution in [0.4, 0.5) is 11.5 Å². The van der Waals surface area contributed by atoms with Crippen molar-refractivity contribution >= 4 is 23.2 Å². The molecule has 1 fully saturated rings. The van der Waals surface area contributed by atoms with E-state index in [-0.39, 0.29) is 17.6 Å². The highest BCUT2D eigenvalue weighted by Crippen LogP contribution is 2.23. The van der Waals surface area contributed by atoms with Crippen molar-refractivity contribution in [2.24, 2.45) is 4.99 Å². The molecule has 1 aliphatic carbocycles. The number of hydrogen-bond acceptors (Lipinski definition) is 7. The van der Waals surface area contributed by atoms with Crippen LogP contribution in [0.2, 0.25) is 0 Å². The zero-order valence-corrected chi connectivity index (χ0v) is 15.6. The Kier molecular flexibility index (Phi) is 4.07. The van der Waals surface area contributed by atoms with Gasteiger partial charge in [-0.3, -0.25) is 9.98 Å². The van der Waals surface area contributed by atoms with Crippen LogP contribution < -0.4 is 21.7 Å². The standard InChI is InChI=1S/C20H16N8O2/c21-9-11-3-1-2-4-14(11)24-16-8-17(23-13-5-6-13)28-18(26-16)12(10-22-28)7-15-19(29)27-20(30)25-15/h1-4,7-8,10,13,24,29H,5-6H2,(H2,25,27,30)/b12-7-,23-17?. The molecule has 10 nitrogen and oxygen atoms in total. The number of imidazole rings is 1. The summed E-state index contributed by atoms with van der Waals surface area (Å²) >= 11 is 0. The van der Waals surface area contributed by atoms with E-state index in [0.29, 0.717) is 33.4 Å². The predicted molar refractivity (Wildman–Crippen MR) is 108 cm³/mol. The Morgan fingerprint density at radius 1 is 1.33 bits per heavy atom. The maximum Gasteiger partial charge on any atom is 0.326 e. The topological polar surface area (TPSA) is 147 Å². The highest BCUT2D eigenvalue weighted by atomic mass is 16.3. The minimum Gasteiger partial charge on any atom is -0.493 e. The van der Waals surface area contributed by atoms with Crippen LogP contribution in [0.3, 0.4) is 0 Å². The Labute approximate surface area is 168 Å². The fourth-order valence-corrected chi connectivity index (χ4v) is 3.09. The van der Waals surface area contributed by atoms with Gasteiger partial charge in [-0.1, -0.05) is 12.1 Å². The van der Waals surface area contributed by atoms with Crippen LogP contribution in [-0.2, 0) is 0 Å². The molecule has 0 spiro atoms. The van der Waals surface area contributed by atoms with Crippen LogP contribution in [0.25, 0.3) is 11.7 Å². The van der Waals surface area contributed by atoms with E-state index in [4.69, 9.17) is 4.99 Å². The molecule has 148 valence electrons. The van der Waals surface area contributed by atoms with Gasteiger partial charge < -0.3 is 15.4 Å². The number of nitrogens with zero attached hydrogens (tertiary/aromatic N) is 5. The lowest BCUT2D eigenvalue weighted by atomic mass is 10.2. The van der Waals surface area contributed by atoms with Crippen LogP contribution in [0.1, 0.15) is 24.1 Å². The zero-order chi connectivity index (χ0) is 20.7. The minimum absolute atomic E-state index is 0.227. The maximum atomic E-state index is 11.4. The third-order valence-corrected chi connectivity index (χ3v) is 4.69. The molecule has 1 aliphatic rings. The molecule has 0 aliphatic heterocycles. The van der Waals surface area contributed by atoms with Crippen LogP contribution in [0.5, 0.6) is 5.88 Å². The van der Waals surface area contributed by atoms with Gasteiger partial charge in [0, 0.05) is 11.3 Å². The van der Waals surface area contributed by atoms with E-state index >= 15 is 0 Å². The number of para-hydroxylation sites is 1. The quantitative estimate of drug-likeness (QED) is 0.396. The largest absolute Gasteiger partial charge is 0.493 e. The molecular weight excluding hydrogens is 384 g/mol. The lowest BCUT2D eigenvalue weighted by molar-refractivity contribution is 0.454. The highest BCUT2D eigenvalue weighted by molar-refractivity contribution is 5.66. The first kappa shape index (κ1) is 17.7. The number of rotatable bonds is 4. The number of aromatic hydroxyl groups is 1. The number of aromatic nitrogens is 5. The van der Waals surface area contributed by atoms with E-state index in [0.717, 1.165) is 12.8 Å². The van der Waals surface area contributed by atoms with Crippen molar-refractivity contribution in [1.29, 1.82) is 5.26 Å². The summed E-state index contributed by atoms with van der Waals surface area (Å²) in [5, 5.41) is 27.4. The summed E-state index contributed by atoms with van der Waals surface area (Å²) in [5.41, 5.74) is 1.97. The third kappa shape index (κ3) is 3.29. The van der Waals surface area contributed by atoms with Crippen LogP contribution in [-0.4, -0.2) is 35.7 Å². The summed E-state index contributed by atoms with van der Waals surface area (Å²) in [6.45, 7) is 0. The summed E-state index contributed by atoms with van der Waals surface area (Å²) in [4.78, 5) is 25.6. The van der Waals surface area contributed by atoms with Crippen molar-refractivity contribution in [3.8, 4) is 11.9 Å². The predicted octanol–water partition coefficient (Wildman–Crippen LogP) is 0.677. The van der Waals surface area contributed by atoms with Crippen molar-refractivity contribution in [3.05, 3.63) is 69.0 Å². The molecule has 0 saturated heterocycles. The molecular formula is C20H16N8O2. The zero-order valence-electron chi connectivity index (χ0n) is 15.6. The number of fused-ring (bicyclic) bond motifs is 1. The van der Waals surface area contributed by atoms with Gasteiger partial charge in [-0.15, -0.1) is 0 Å². The molecule has 5 rings (SSSR count). The van der Waals surface area contributed by atoms with E-state index in [2.05, 4.69) is 31.4 Å². The normalized spacial score (nSPS) is 14.9. The van der Waals surface area contributed by atoms with E-state index < -0.39 is 5.69 Å². The average Bonchev–Trinajstić information content (AvgIpc) is 3.37. The molecule has 3 aromatic heterocycles. The second kappa shape index (κ2) is 6.89. The van der Waals surface area contributed by atoms with Crippen LogP contribution >= 0.6 is 0 Å². The molecule has 10 heteroatoms. The molecule has 0 unspecified atom stereocenters. The minimum atomic E-state index is -0.511. The van der Waals surface area contributed by atoms with E-state index in [1.165, 1.54) is 0 Å². The Hall–Kier alpha value is -4.39. The second-order valence-corrected chi connectivity index (χ2v) is 6.96. The van der Waals surface area contributed by atoms with Gasteiger partial charge in [0.1, 0.15) is 17.6 Å². The van der Waals surface area contributed by atoms with Gasteiger partial charge in [0.15, 0.2) is 11.1 Å². The number of hydrogen-bond donors (Lipinski definition) is 4. The van der Waals surface area contributed by atoms with Gasteiger partial charge in [0.25, 0.3) is 0 Å². The average molecular weight is 400 g/mol. The SMILES string of the molecule is N#Cc1ccccc1Nc1cc(=NC2CC2)n2nc/c(=C/c3[nH]c(=O)[nH]c3O)c2n1. The number of benzene rings is 1. The third-order valence-electron chi connectivity index (χ3n) is 4.69. The fraction of sp³-hybridized carbons (Fsp3) is 0.150. The van der Waals surface area contributed by atoms with E-state index in [1.54, 1.807) is 41.1 Å². The molecule has 4 N–H and O–H groups in total. The number of anilines is 2. The Morgan fingerprint density at radius 2 is 2.17 bits per heavy atom. The number of aromatic amines is 2. The Bertz CT molecular complexity index is 1480. The highest BCUT2D eigenvalue weighted by Gasteiger charge is 2.20. The van der Waals surface area contributed by atoms with Gasteiger partial charge in [0.05, 0.1) is 23.5 Å². The Balaban J connectivity index is 1.70. The van der Waals surface area contributed by atoms with Gasteiger partial charge in [-0.25, -0.2) is 9.78 Å². The molecule has 0 bridgehead atoms. The van der Waals surface area contributed by atoms with E-state index in [1.807, 2.05) is 6.07 Å². The molecule has 4 aromatic rings. The van der Waals surface area contributed by atoms with Crippen LogP contribution in [0.15, 0.2) is 46.3 Å². The number of H-pyrrole nitrogens is 2. The molecule has 1 saturated carbocycles. The smallest absolute Gasteiger partial charge is 0.326 e. The summed E-state index contributed by atoms with van der Waals surface area (Å²) in [6, 6.07) is 11.3. The molecule has 0 radical (unpaired) electrons. The molecule has 1 aromatic carbocycles. The molecule has 0 atom stereocenters. The van der Waals surface area contributed by atoms with Gasteiger partial charge >= 0.3 is 5.69 Å². The fourth-order valence-electron chi connectivity index (χ4n) is 3.09. The summed E-state index contributed by atoms with van der Waals surface area (Å²) in [6.07, 6.45) is 5.23. The first-order valence-corrected chi connectivity index (χ1v) is 9.32.